The van der Waals surface area contributed by atoms with Crippen molar-refractivity contribution < 1.29 is 19.0 Å². The minimum Gasteiger partial charge on any atom is -0.488 e. The number of ether oxygens (including phenoxy) is 3. The number of hydrogen-bond acceptors (Lipinski definition) is 4. The maximum atomic E-state index is 12.6. The highest BCUT2D eigenvalue weighted by Gasteiger charge is 2.45. The molecular formula is C22H25NO4. The summed E-state index contributed by atoms with van der Waals surface area (Å²) in [6.07, 6.45) is 2.74. The predicted octanol–water partition coefficient (Wildman–Crippen LogP) is 3.29. The largest absolute Gasteiger partial charge is 0.488 e. The average Bonchev–Trinajstić information content (AvgIpc) is 3.09. The van der Waals surface area contributed by atoms with Crippen molar-refractivity contribution in [1.29, 1.82) is 0 Å². The molecule has 2 fully saturated rings. The summed E-state index contributed by atoms with van der Waals surface area (Å²) in [5.41, 5.74) is -0.292. The van der Waals surface area contributed by atoms with Gasteiger partial charge in [-0.05, 0) is 37.1 Å². The van der Waals surface area contributed by atoms with E-state index in [4.69, 9.17) is 14.2 Å². The molecule has 0 aromatic heterocycles. The summed E-state index contributed by atoms with van der Waals surface area (Å²) in [4.78, 5) is 14.5. The molecule has 0 unspecified atom stereocenters. The third-order valence-corrected chi connectivity index (χ3v) is 5.22. The molecule has 2 heterocycles. The van der Waals surface area contributed by atoms with Crippen molar-refractivity contribution in [2.24, 2.45) is 0 Å². The fraction of sp³-hybridized carbons (Fsp3) is 0.409. The Kier molecular flexibility index (Phi) is 5.30. The van der Waals surface area contributed by atoms with Gasteiger partial charge in [-0.15, -0.1) is 0 Å². The van der Waals surface area contributed by atoms with Crippen LogP contribution in [0.5, 0.6) is 11.5 Å². The lowest BCUT2D eigenvalue weighted by Gasteiger charge is -2.39. The number of hydrogen-bond donors (Lipinski definition) is 0. The lowest BCUT2D eigenvalue weighted by atomic mass is 9.89. The van der Waals surface area contributed by atoms with E-state index in [1.54, 1.807) is 0 Å². The second-order valence-corrected chi connectivity index (χ2v) is 7.27. The van der Waals surface area contributed by atoms with Crippen LogP contribution in [0, 0.1) is 0 Å². The van der Waals surface area contributed by atoms with Crippen molar-refractivity contribution >= 4 is 5.91 Å². The van der Waals surface area contributed by atoms with Crippen LogP contribution in [0.4, 0.5) is 0 Å². The van der Waals surface area contributed by atoms with Crippen molar-refractivity contribution in [3.05, 3.63) is 60.7 Å². The van der Waals surface area contributed by atoms with Gasteiger partial charge in [-0.1, -0.05) is 36.4 Å². The van der Waals surface area contributed by atoms with Crippen LogP contribution in [0.3, 0.4) is 0 Å². The quantitative estimate of drug-likeness (QED) is 0.814. The highest BCUT2D eigenvalue weighted by Crippen LogP contribution is 2.36. The standard InChI is InChI=1S/C22H25NO4/c24-21(16-25-18-8-3-1-4-9-18)23-13-7-12-22(17-23)14-20(15-26-22)27-19-10-5-2-6-11-19/h1-6,8-11,20H,7,12-17H2/t20-,22-/m1/s1. The van der Waals surface area contributed by atoms with Crippen molar-refractivity contribution in [2.75, 3.05) is 26.3 Å². The lowest BCUT2D eigenvalue weighted by molar-refractivity contribution is -0.141. The average molecular weight is 367 g/mol. The molecule has 27 heavy (non-hydrogen) atoms. The first-order valence-corrected chi connectivity index (χ1v) is 9.54. The SMILES string of the molecule is O=C(COc1ccccc1)N1CCC[C@@]2(C[C@@H](Oc3ccccc3)CO2)C1. The fourth-order valence-corrected chi connectivity index (χ4v) is 3.92. The number of nitrogens with zero attached hydrogens (tertiary/aromatic N) is 1. The Balaban J connectivity index is 1.31. The summed E-state index contributed by atoms with van der Waals surface area (Å²) < 4.78 is 17.8. The van der Waals surface area contributed by atoms with E-state index in [0.717, 1.165) is 31.6 Å². The van der Waals surface area contributed by atoms with Gasteiger partial charge in [-0.2, -0.15) is 0 Å². The van der Waals surface area contributed by atoms with Crippen molar-refractivity contribution in [2.45, 2.75) is 31.0 Å². The molecule has 2 atom stereocenters. The van der Waals surface area contributed by atoms with Crippen LogP contribution in [0.25, 0.3) is 0 Å². The fourth-order valence-electron chi connectivity index (χ4n) is 3.92. The van der Waals surface area contributed by atoms with E-state index < -0.39 is 0 Å². The zero-order chi connectivity index (χ0) is 18.5. The minimum atomic E-state index is -0.292. The van der Waals surface area contributed by atoms with E-state index in [9.17, 15) is 4.79 Å². The Morgan fingerprint density at radius 2 is 1.78 bits per heavy atom. The van der Waals surface area contributed by atoms with Crippen LogP contribution in [-0.4, -0.2) is 48.8 Å². The van der Waals surface area contributed by atoms with E-state index in [0.29, 0.717) is 18.9 Å². The van der Waals surface area contributed by atoms with Gasteiger partial charge in [0, 0.05) is 19.5 Å². The molecule has 5 nitrogen and oxygen atoms in total. The maximum Gasteiger partial charge on any atom is 0.260 e. The molecule has 2 aliphatic heterocycles. The Hall–Kier alpha value is -2.53. The van der Waals surface area contributed by atoms with Crippen LogP contribution in [0.1, 0.15) is 19.3 Å². The first-order valence-electron chi connectivity index (χ1n) is 9.54. The molecule has 2 aromatic rings. The third kappa shape index (κ3) is 4.42. The topological polar surface area (TPSA) is 48.0 Å². The van der Waals surface area contributed by atoms with Gasteiger partial charge in [-0.25, -0.2) is 0 Å². The zero-order valence-electron chi connectivity index (χ0n) is 15.4. The number of carbonyl (C=O) groups is 1. The first-order chi connectivity index (χ1) is 13.2. The summed E-state index contributed by atoms with van der Waals surface area (Å²) in [5, 5.41) is 0. The highest BCUT2D eigenvalue weighted by molar-refractivity contribution is 5.78. The molecular weight excluding hydrogens is 342 g/mol. The lowest BCUT2D eigenvalue weighted by Crippen LogP contribution is -2.51. The maximum absolute atomic E-state index is 12.6. The molecule has 0 saturated carbocycles. The van der Waals surface area contributed by atoms with Gasteiger partial charge in [-0.3, -0.25) is 4.79 Å². The zero-order valence-corrected chi connectivity index (χ0v) is 15.4. The van der Waals surface area contributed by atoms with Crippen molar-refractivity contribution in [3.8, 4) is 11.5 Å². The summed E-state index contributed by atoms with van der Waals surface area (Å²) in [6, 6.07) is 19.3. The van der Waals surface area contributed by atoms with E-state index in [2.05, 4.69) is 0 Å². The molecule has 0 bridgehead atoms. The first kappa shape index (κ1) is 17.9. The van der Waals surface area contributed by atoms with E-state index in [1.807, 2.05) is 65.6 Å². The molecule has 0 N–H and O–H groups in total. The van der Waals surface area contributed by atoms with E-state index >= 15 is 0 Å². The minimum absolute atomic E-state index is 0.00829. The van der Waals surface area contributed by atoms with E-state index in [-0.39, 0.29) is 24.2 Å². The number of para-hydroxylation sites is 2. The van der Waals surface area contributed by atoms with Crippen LogP contribution >= 0.6 is 0 Å². The second kappa shape index (κ2) is 8.01. The van der Waals surface area contributed by atoms with Crippen LogP contribution in [0.2, 0.25) is 0 Å². The van der Waals surface area contributed by atoms with Crippen molar-refractivity contribution in [3.63, 3.8) is 0 Å². The third-order valence-electron chi connectivity index (χ3n) is 5.22. The van der Waals surface area contributed by atoms with Crippen LogP contribution < -0.4 is 9.47 Å². The molecule has 2 aromatic carbocycles. The summed E-state index contributed by atoms with van der Waals surface area (Å²) in [7, 11) is 0. The molecule has 2 saturated heterocycles. The molecule has 5 heteroatoms. The number of rotatable bonds is 5. The summed E-state index contributed by atoms with van der Waals surface area (Å²) in [6.45, 7) is 1.99. The summed E-state index contributed by atoms with van der Waals surface area (Å²) in [5.74, 6) is 1.59. The Morgan fingerprint density at radius 3 is 2.52 bits per heavy atom. The van der Waals surface area contributed by atoms with Gasteiger partial charge in [0.05, 0.1) is 12.2 Å². The molecule has 142 valence electrons. The molecule has 4 rings (SSSR count). The second-order valence-electron chi connectivity index (χ2n) is 7.27. The molecule has 0 aliphatic carbocycles. The molecule has 1 amide bonds. The van der Waals surface area contributed by atoms with Gasteiger partial charge in [0.15, 0.2) is 6.61 Å². The number of benzene rings is 2. The summed E-state index contributed by atoms with van der Waals surface area (Å²) >= 11 is 0. The smallest absolute Gasteiger partial charge is 0.260 e. The van der Waals surface area contributed by atoms with Gasteiger partial charge >= 0.3 is 0 Å². The van der Waals surface area contributed by atoms with Gasteiger partial charge in [0.1, 0.15) is 17.6 Å². The number of carbonyl (C=O) groups excluding carboxylic acids is 1. The molecule has 2 aliphatic rings. The van der Waals surface area contributed by atoms with E-state index in [1.165, 1.54) is 0 Å². The number of likely N-dealkylation sites (tertiary alicyclic amines) is 1. The normalized spacial score (nSPS) is 24.7. The number of amides is 1. The highest BCUT2D eigenvalue weighted by atomic mass is 16.6. The van der Waals surface area contributed by atoms with Crippen molar-refractivity contribution in [1.82, 2.24) is 4.90 Å². The predicted molar refractivity (Wildman–Crippen MR) is 102 cm³/mol. The van der Waals surface area contributed by atoms with Gasteiger partial charge in [0.2, 0.25) is 0 Å². The molecule has 0 radical (unpaired) electrons. The Bertz CT molecular complexity index is 751. The Morgan fingerprint density at radius 1 is 1.07 bits per heavy atom. The molecule has 1 spiro atoms. The van der Waals surface area contributed by atoms with Gasteiger partial charge in [0.25, 0.3) is 5.91 Å². The monoisotopic (exact) mass is 367 g/mol. The Labute approximate surface area is 159 Å². The number of piperidine rings is 1. The van der Waals surface area contributed by atoms with Gasteiger partial charge < -0.3 is 19.1 Å². The van der Waals surface area contributed by atoms with Crippen LogP contribution in [-0.2, 0) is 9.53 Å². The van der Waals surface area contributed by atoms with Crippen LogP contribution in [0.15, 0.2) is 60.7 Å².